The van der Waals surface area contributed by atoms with Gasteiger partial charge < -0.3 is 0 Å². The van der Waals surface area contributed by atoms with E-state index in [1.807, 2.05) is 60.4 Å². The van der Waals surface area contributed by atoms with E-state index >= 15 is 0 Å². The molecule has 4 heterocycles. The highest BCUT2D eigenvalue weighted by Crippen LogP contribution is 2.32. The van der Waals surface area contributed by atoms with Gasteiger partial charge in [0.25, 0.3) is 0 Å². The van der Waals surface area contributed by atoms with Crippen molar-refractivity contribution in [3.63, 3.8) is 0 Å². The molecule has 5 rings (SSSR count). The van der Waals surface area contributed by atoms with Crippen LogP contribution in [0.3, 0.4) is 0 Å². The Morgan fingerprint density at radius 2 is 1.90 bits per heavy atom. The van der Waals surface area contributed by atoms with E-state index < -0.39 is 0 Å². The number of likely N-dealkylation sites (tertiary alicyclic amines) is 1. The molecular weight excluding hydrogens is 429 g/mol. The van der Waals surface area contributed by atoms with Crippen LogP contribution in [0.15, 0.2) is 55.0 Å². The van der Waals surface area contributed by atoms with Gasteiger partial charge in [0.2, 0.25) is 0 Å². The van der Waals surface area contributed by atoms with Crippen LogP contribution in [-0.2, 0) is 6.54 Å². The molecule has 5 nitrogen and oxygen atoms in total. The van der Waals surface area contributed by atoms with E-state index in [1.54, 1.807) is 0 Å². The number of nitrogens with zero attached hydrogens (tertiary/aromatic N) is 5. The molecular formula is C24H23Cl2N5. The first-order valence-electron chi connectivity index (χ1n) is 10.5. The van der Waals surface area contributed by atoms with Gasteiger partial charge in [-0.2, -0.15) is 5.10 Å². The standard InChI is InChI=1S/C24H23Cl2N5/c1-16-23(17-6-9-27-10-7-17)24-28-11-8-22(31(24)29-16)19-3-2-12-30(15-19)14-18-4-5-20(25)13-21(18)26/h4-11,13,19H,2-3,12,14-15H2,1H3. The van der Waals surface area contributed by atoms with Gasteiger partial charge in [-0.15, -0.1) is 0 Å². The van der Waals surface area contributed by atoms with Crippen molar-refractivity contribution in [1.29, 1.82) is 0 Å². The lowest BCUT2D eigenvalue weighted by Gasteiger charge is -2.33. The van der Waals surface area contributed by atoms with Gasteiger partial charge in [0.15, 0.2) is 5.65 Å². The summed E-state index contributed by atoms with van der Waals surface area (Å²) in [7, 11) is 0. The number of halogens is 2. The zero-order chi connectivity index (χ0) is 21.4. The second-order valence-corrected chi connectivity index (χ2v) is 8.96. The molecule has 0 amide bonds. The Morgan fingerprint density at radius 1 is 1.06 bits per heavy atom. The summed E-state index contributed by atoms with van der Waals surface area (Å²) in [6.45, 7) is 4.89. The summed E-state index contributed by atoms with van der Waals surface area (Å²) in [5, 5.41) is 6.27. The Hall–Kier alpha value is -2.47. The van der Waals surface area contributed by atoms with Crippen LogP contribution in [-0.4, -0.2) is 37.6 Å². The summed E-state index contributed by atoms with van der Waals surface area (Å²) in [6.07, 6.45) is 7.79. The first kappa shape index (κ1) is 20.4. The molecule has 0 spiro atoms. The van der Waals surface area contributed by atoms with Crippen molar-refractivity contribution in [2.75, 3.05) is 13.1 Å². The third-order valence-corrected chi connectivity index (χ3v) is 6.61. The Labute approximate surface area is 191 Å². The van der Waals surface area contributed by atoms with Gasteiger partial charge >= 0.3 is 0 Å². The SMILES string of the molecule is Cc1nn2c(C3CCCN(Cc4ccc(Cl)cc4Cl)C3)ccnc2c1-c1ccncc1. The third-order valence-electron chi connectivity index (χ3n) is 6.02. The number of fused-ring (bicyclic) bond motifs is 1. The molecule has 0 saturated carbocycles. The van der Waals surface area contributed by atoms with Crippen LogP contribution in [0.5, 0.6) is 0 Å². The predicted octanol–water partition coefficient (Wildman–Crippen LogP) is 5.79. The minimum atomic E-state index is 0.384. The van der Waals surface area contributed by atoms with Crippen LogP contribution in [0.2, 0.25) is 10.0 Å². The number of hydrogen-bond donors (Lipinski definition) is 0. The number of pyridine rings is 1. The summed E-state index contributed by atoms with van der Waals surface area (Å²) in [5.41, 5.74) is 6.37. The molecule has 1 aliphatic heterocycles. The average molecular weight is 452 g/mol. The summed E-state index contributed by atoms with van der Waals surface area (Å²) < 4.78 is 2.04. The topological polar surface area (TPSA) is 46.3 Å². The van der Waals surface area contributed by atoms with E-state index in [2.05, 4.69) is 20.9 Å². The van der Waals surface area contributed by atoms with E-state index in [0.717, 1.165) is 65.5 Å². The van der Waals surface area contributed by atoms with Crippen LogP contribution in [0.25, 0.3) is 16.8 Å². The van der Waals surface area contributed by atoms with Gasteiger partial charge in [-0.3, -0.25) is 9.88 Å². The molecule has 1 atom stereocenters. The van der Waals surface area contributed by atoms with Gasteiger partial charge in [-0.25, -0.2) is 9.50 Å². The molecule has 4 aromatic rings. The van der Waals surface area contributed by atoms with Gasteiger partial charge in [0, 0.05) is 53.2 Å². The monoisotopic (exact) mass is 451 g/mol. The highest BCUT2D eigenvalue weighted by molar-refractivity contribution is 6.35. The fraction of sp³-hybridized carbons (Fsp3) is 0.292. The fourth-order valence-electron chi connectivity index (χ4n) is 4.57. The van der Waals surface area contributed by atoms with Crippen molar-refractivity contribution in [3.8, 4) is 11.1 Å². The lowest BCUT2D eigenvalue weighted by Crippen LogP contribution is -2.34. The fourth-order valence-corrected chi connectivity index (χ4v) is 5.03. The molecule has 1 unspecified atom stereocenters. The van der Waals surface area contributed by atoms with Crippen LogP contribution in [0.4, 0.5) is 0 Å². The zero-order valence-electron chi connectivity index (χ0n) is 17.3. The van der Waals surface area contributed by atoms with Crippen molar-refractivity contribution in [2.24, 2.45) is 0 Å². The second-order valence-electron chi connectivity index (χ2n) is 8.11. The van der Waals surface area contributed by atoms with Crippen molar-refractivity contribution in [3.05, 3.63) is 82.0 Å². The molecule has 0 N–H and O–H groups in total. The van der Waals surface area contributed by atoms with Gasteiger partial charge in [-0.1, -0.05) is 29.3 Å². The molecule has 0 bridgehead atoms. The third kappa shape index (κ3) is 4.05. The summed E-state index contributed by atoms with van der Waals surface area (Å²) in [4.78, 5) is 11.3. The Bertz CT molecular complexity index is 1220. The number of rotatable bonds is 4. The van der Waals surface area contributed by atoms with Crippen LogP contribution >= 0.6 is 23.2 Å². The average Bonchev–Trinajstić information content (AvgIpc) is 3.12. The lowest BCUT2D eigenvalue weighted by molar-refractivity contribution is 0.197. The molecule has 3 aromatic heterocycles. The summed E-state index contributed by atoms with van der Waals surface area (Å²) in [6, 6.07) is 11.9. The second kappa shape index (κ2) is 8.58. The van der Waals surface area contributed by atoms with Crippen LogP contribution < -0.4 is 0 Å². The summed E-state index contributed by atoms with van der Waals surface area (Å²) >= 11 is 12.5. The molecule has 1 aromatic carbocycles. The molecule has 0 aliphatic carbocycles. The van der Waals surface area contributed by atoms with E-state index in [1.165, 1.54) is 5.69 Å². The first-order valence-corrected chi connectivity index (χ1v) is 11.3. The molecule has 1 aliphatic rings. The first-order chi connectivity index (χ1) is 15.1. The van der Waals surface area contributed by atoms with Crippen molar-refractivity contribution in [1.82, 2.24) is 24.5 Å². The Morgan fingerprint density at radius 3 is 2.71 bits per heavy atom. The minimum absolute atomic E-state index is 0.384. The number of benzene rings is 1. The number of piperidine rings is 1. The van der Waals surface area contributed by atoms with Crippen molar-refractivity contribution >= 4 is 28.8 Å². The van der Waals surface area contributed by atoms with E-state index in [0.29, 0.717) is 10.9 Å². The van der Waals surface area contributed by atoms with Crippen LogP contribution in [0.1, 0.15) is 35.7 Å². The minimum Gasteiger partial charge on any atom is -0.298 e. The Balaban J connectivity index is 1.45. The smallest absolute Gasteiger partial charge is 0.163 e. The lowest BCUT2D eigenvalue weighted by atomic mass is 9.94. The van der Waals surface area contributed by atoms with E-state index in [9.17, 15) is 0 Å². The number of aryl methyl sites for hydroxylation is 1. The number of aromatic nitrogens is 4. The van der Waals surface area contributed by atoms with Gasteiger partial charge in [0.1, 0.15) is 0 Å². The largest absolute Gasteiger partial charge is 0.298 e. The van der Waals surface area contributed by atoms with Gasteiger partial charge in [-0.05, 0) is 67.8 Å². The van der Waals surface area contributed by atoms with E-state index in [4.69, 9.17) is 28.3 Å². The molecule has 31 heavy (non-hydrogen) atoms. The maximum Gasteiger partial charge on any atom is 0.163 e. The number of hydrogen-bond acceptors (Lipinski definition) is 4. The predicted molar refractivity (Wildman–Crippen MR) is 125 cm³/mol. The molecule has 158 valence electrons. The molecule has 7 heteroatoms. The normalized spacial score (nSPS) is 17.3. The van der Waals surface area contributed by atoms with E-state index in [-0.39, 0.29) is 0 Å². The van der Waals surface area contributed by atoms with Crippen molar-refractivity contribution < 1.29 is 0 Å². The highest BCUT2D eigenvalue weighted by atomic mass is 35.5. The Kier molecular flexibility index (Phi) is 5.65. The highest BCUT2D eigenvalue weighted by Gasteiger charge is 2.25. The quantitative estimate of drug-likeness (QED) is 0.394. The maximum absolute atomic E-state index is 6.42. The van der Waals surface area contributed by atoms with Crippen LogP contribution in [0, 0.1) is 6.92 Å². The molecule has 1 fully saturated rings. The van der Waals surface area contributed by atoms with Gasteiger partial charge in [0.05, 0.1) is 11.4 Å². The van der Waals surface area contributed by atoms with Crippen molar-refractivity contribution in [2.45, 2.75) is 32.2 Å². The zero-order valence-corrected chi connectivity index (χ0v) is 18.8. The summed E-state index contributed by atoms with van der Waals surface area (Å²) in [5.74, 6) is 0.384. The molecule has 1 saturated heterocycles. The maximum atomic E-state index is 6.42. The molecule has 0 radical (unpaired) electrons.